The van der Waals surface area contributed by atoms with Crippen molar-refractivity contribution in [2.45, 2.75) is 23.2 Å². The van der Waals surface area contributed by atoms with Crippen LogP contribution in [-0.4, -0.2) is 57.0 Å². The van der Waals surface area contributed by atoms with Crippen LogP contribution in [0.4, 0.5) is 14.5 Å². The molecule has 8 heteroatoms. The molecule has 1 atom stereocenters. The third-order valence-corrected chi connectivity index (χ3v) is 4.15. The molecule has 21 heavy (non-hydrogen) atoms. The normalized spacial score (nSPS) is 15.2. The number of anilines is 1. The topological polar surface area (TPSA) is 69.6 Å². The molecular weight excluding hydrogens is 302 g/mol. The van der Waals surface area contributed by atoms with Crippen molar-refractivity contribution in [1.82, 2.24) is 4.90 Å². The summed E-state index contributed by atoms with van der Waals surface area (Å²) in [6.45, 7) is 2.35. The van der Waals surface area contributed by atoms with Gasteiger partial charge in [-0.3, -0.25) is 0 Å². The van der Waals surface area contributed by atoms with E-state index in [1.807, 2.05) is 19.0 Å². The molecule has 0 bridgehead atoms. The van der Waals surface area contributed by atoms with Crippen molar-refractivity contribution in [3.8, 4) is 0 Å². The third kappa shape index (κ3) is 5.22. The largest absolute Gasteiger partial charge is 0.387 e. The predicted molar refractivity (Wildman–Crippen MR) is 77.3 cm³/mol. The summed E-state index contributed by atoms with van der Waals surface area (Å²) >= 11 is 0. The Bertz CT molecular complexity index is 557. The summed E-state index contributed by atoms with van der Waals surface area (Å²) in [4.78, 5) is 1.41. The Morgan fingerprint density at radius 1 is 1.29 bits per heavy atom. The van der Waals surface area contributed by atoms with Crippen LogP contribution in [0.15, 0.2) is 29.2 Å². The average molecular weight is 322 g/mol. The lowest BCUT2D eigenvalue weighted by Crippen LogP contribution is -2.43. The van der Waals surface area contributed by atoms with Gasteiger partial charge in [0.05, 0.1) is 10.5 Å². The highest BCUT2D eigenvalue weighted by atomic mass is 32.2. The number of nitrogens with one attached hydrogen (secondary N) is 1. The summed E-state index contributed by atoms with van der Waals surface area (Å²) < 4.78 is 47.3. The van der Waals surface area contributed by atoms with E-state index in [1.165, 1.54) is 12.1 Å². The van der Waals surface area contributed by atoms with E-state index in [1.54, 1.807) is 6.92 Å². The molecule has 0 amide bonds. The molecule has 0 aliphatic carbocycles. The first-order chi connectivity index (χ1) is 9.54. The van der Waals surface area contributed by atoms with Crippen molar-refractivity contribution in [3.05, 3.63) is 24.3 Å². The molecule has 0 heterocycles. The SMILES string of the molecule is CN(C)CC(C)(O)CNc1ccc(S(=O)(=O)C(F)F)cc1. The maximum absolute atomic E-state index is 12.4. The first-order valence-corrected chi connectivity index (χ1v) is 7.82. The van der Waals surface area contributed by atoms with E-state index in [0.717, 1.165) is 12.1 Å². The number of rotatable bonds is 7. The van der Waals surface area contributed by atoms with Gasteiger partial charge in [-0.25, -0.2) is 8.42 Å². The summed E-state index contributed by atoms with van der Waals surface area (Å²) in [5.74, 6) is -3.43. The van der Waals surface area contributed by atoms with Crippen molar-refractivity contribution in [1.29, 1.82) is 0 Å². The molecule has 0 aliphatic heterocycles. The second-order valence-electron chi connectivity index (χ2n) is 5.42. The molecule has 1 unspecified atom stereocenters. The summed E-state index contributed by atoms with van der Waals surface area (Å²) in [7, 11) is -0.906. The third-order valence-electron chi connectivity index (χ3n) is 2.75. The summed E-state index contributed by atoms with van der Waals surface area (Å²) in [6, 6.07) is 5.01. The van der Waals surface area contributed by atoms with Gasteiger partial charge in [-0.15, -0.1) is 0 Å². The zero-order valence-electron chi connectivity index (χ0n) is 12.2. The Balaban J connectivity index is 2.72. The Labute approximate surface area is 123 Å². The zero-order chi connectivity index (χ0) is 16.3. The standard InChI is InChI=1S/C13H20F2N2O3S/c1-13(18,9-17(2)3)8-16-10-4-6-11(7-5-10)21(19,20)12(14)15/h4-7,12,16,18H,8-9H2,1-3H3. The van der Waals surface area contributed by atoms with E-state index in [-0.39, 0.29) is 6.54 Å². The maximum Gasteiger partial charge on any atom is 0.341 e. The highest BCUT2D eigenvalue weighted by Gasteiger charge is 2.26. The van der Waals surface area contributed by atoms with Gasteiger partial charge in [-0.1, -0.05) is 0 Å². The molecule has 1 aromatic carbocycles. The van der Waals surface area contributed by atoms with Gasteiger partial charge >= 0.3 is 5.76 Å². The number of hydrogen-bond acceptors (Lipinski definition) is 5. The predicted octanol–water partition coefficient (Wildman–Crippen LogP) is 1.41. The summed E-state index contributed by atoms with van der Waals surface area (Å²) in [5.41, 5.74) is -0.431. The number of sulfone groups is 1. The molecular formula is C13H20F2N2O3S. The van der Waals surface area contributed by atoms with Gasteiger partial charge in [0.25, 0.3) is 0 Å². The molecule has 1 rings (SSSR count). The molecule has 2 N–H and O–H groups in total. The van der Waals surface area contributed by atoms with Crippen molar-refractivity contribution in [2.24, 2.45) is 0 Å². The highest BCUT2D eigenvalue weighted by Crippen LogP contribution is 2.20. The number of nitrogens with zero attached hydrogens (tertiary/aromatic N) is 1. The molecule has 0 aliphatic rings. The van der Waals surface area contributed by atoms with Crippen LogP contribution in [-0.2, 0) is 9.84 Å². The number of halogens is 2. The second-order valence-corrected chi connectivity index (χ2v) is 7.34. The van der Waals surface area contributed by atoms with Gasteiger partial charge < -0.3 is 15.3 Å². The van der Waals surface area contributed by atoms with Gasteiger partial charge in [0, 0.05) is 18.8 Å². The lowest BCUT2D eigenvalue weighted by atomic mass is 10.1. The van der Waals surface area contributed by atoms with E-state index < -0.39 is 26.1 Å². The molecule has 0 aromatic heterocycles. The summed E-state index contributed by atoms with van der Waals surface area (Å²) in [5, 5.41) is 13.0. The van der Waals surface area contributed by atoms with Crippen LogP contribution < -0.4 is 5.32 Å². The van der Waals surface area contributed by atoms with Crippen LogP contribution in [0.1, 0.15) is 6.92 Å². The Morgan fingerprint density at radius 3 is 2.24 bits per heavy atom. The molecule has 0 saturated heterocycles. The number of likely N-dealkylation sites (N-methyl/N-ethyl adjacent to an activating group) is 1. The quantitative estimate of drug-likeness (QED) is 0.794. The minimum absolute atomic E-state index is 0.242. The Hall–Kier alpha value is -1.25. The van der Waals surface area contributed by atoms with Crippen molar-refractivity contribution in [2.75, 3.05) is 32.5 Å². The fourth-order valence-corrected chi connectivity index (χ4v) is 2.62. The number of benzene rings is 1. The number of alkyl halides is 2. The lowest BCUT2D eigenvalue weighted by Gasteiger charge is -2.27. The Kier molecular flexibility index (Phi) is 5.66. The van der Waals surface area contributed by atoms with Crippen LogP contribution in [0.3, 0.4) is 0 Å². The highest BCUT2D eigenvalue weighted by molar-refractivity contribution is 7.91. The lowest BCUT2D eigenvalue weighted by molar-refractivity contribution is 0.0460. The van der Waals surface area contributed by atoms with Gasteiger partial charge in [-0.2, -0.15) is 8.78 Å². The minimum atomic E-state index is -4.57. The molecule has 120 valence electrons. The van der Waals surface area contributed by atoms with Gasteiger partial charge in [0.15, 0.2) is 0 Å². The first-order valence-electron chi connectivity index (χ1n) is 6.28. The van der Waals surface area contributed by atoms with Gasteiger partial charge in [0.1, 0.15) is 0 Å². The fraction of sp³-hybridized carbons (Fsp3) is 0.538. The van der Waals surface area contributed by atoms with Gasteiger partial charge in [0.2, 0.25) is 9.84 Å². The van der Waals surface area contributed by atoms with Crippen LogP contribution in [0.5, 0.6) is 0 Å². The maximum atomic E-state index is 12.4. The van der Waals surface area contributed by atoms with Crippen molar-refractivity contribution >= 4 is 15.5 Å². The molecule has 0 spiro atoms. The second kappa shape index (κ2) is 6.67. The summed E-state index contributed by atoms with van der Waals surface area (Å²) in [6.07, 6.45) is 0. The molecule has 0 fully saturated rings. The monoisotopic (exact) mass is 322 g/mol. The molecule has 1 aromatic rings. The van der Waals surface area contributed by atoms with Gasteiger partial charge in [-0.05, 0) is 45.3 Å². The van der Waals surface area contributed by atoms with Crippen LogP contribution >= 0.6 is 0 Å². The molecule has 0 saturated carbocycles. The van der Waals surface area contributed by atoms with Crippen LogP contribution in [0.2, 0.25) is 0 Å². The Morgan fingerprint density at radius 2 is 1.81 bits per heavy atom. The fourth-order valence-electron chi connectivity index (χ4n) is 1.89. The van der Waals surface area contributed by atoms with E-state index in [4.69, 9.17) is 0 Å². The van der Waals surface area contributed by atoms with Crippen LogP contribution in [0.25, 0.3) is 0 Å². The number of hydrogen-bond donors (Lipinski definition) is 2. The zero-order valence-corrected chi connectivity index (χ0v) is 13.0. The van der Waals surface area contributed by atoms with E-state index in [0.29, 0.717) is 12.2 Å². The van der Waals surface area contributed by atoms with E-state index in [2.05, 4.69) is 5.32 Å². The van der Waals surface area contributed by atoms with Crippen molar-refractivity contribution < 1.29 is 22.3 Å². The van der Waals surface area contributed by atoms with Crippen LogP contribution in [0, 0.1) is 0 Å². The minimum Gasteiger partial charge on any atom is -0.387 e. The average Bonchev–Trinajstić information content (AvgIpc) is 2.35. The van der Waals surface area contributed by atoms with Crippen molar-refractivity contribution in [3.63, 3.8) is 0 Å². The smallest absolute Gasteiger partial charge is 0.341 e. The number of aliphatic hydroxyl groups is 1. The first kappa shape index (κ1) is 17.8. The van der Waals surface area contributed by atoms with E-state index in [9.17, 15) is 22.3 Å². The molecule has 5 nitrogen and oxygen atoms in total. The van der Waals surface area contributed by atoms with E-state index >= 15 is 0 Å². The molecule has 0 radical (unpaired) electrons.